The van der Waals surface area contributed by atoms with Crippen LogP contribution in [-0.4, -0.2) is 46.1 Å². The van der Waals surface area contributed by atoms with E-state index >= 15 is 0 Å². The molecule has 0 aliphatic carbocycles. The molecular weight excluding hydrogens is 328 g/mol. The van der Waals surface area contributed by atoms with Crippen molar-refractivity contribution in [2.75, 3.05) is 13.1 Å². The fourth-order valence-corrected chi connectivity index (χ4v) is 2.92. The van der Waals surface area contributed by atoms with Gasteiger partial charge < -0.3 is 9.84 Å². The zero-order valence-electron chi connectivity index (χ0n) is 16.5. The van der Waals surface area contributed by atoms with Crippen molar-refractivity contribution >= 4 is 5.91 Å². The molecule has 0 spiro atoms. The molecule has 2 rings (SSSR count). The fourth-order valence-electron chi connectivity index (χ4n) is 2.92. The van der Waals surface area contributed by atoms with Crippen LogP contribution in [0.1, 0.15) is 45.6 Å². The molecule has 0 aliphatic heterocycles. The van der Waals surface area contributed by atoms with E-state index in [0.717, 1.165) is 12.1 Å². The van der Waals surface area contributed by atoms with E-state index in [1.165, 1.54) is 5.56 Å². The average molecular weight is 358 g/mol. The summed E-state index contributed by atoms with van der Waals surface area (Å²) in [4.78, 5) is 18.8. The molecule has 0 fully saturated rings. The smallest absolute Gasteiger partial charge is 0.227 e. The molecule has 2 aromatic rings. The SMILES string of the molecule is Cc1ccc(-c2noc(CCC(=O)NCCN(C(C)C)C(C)C)n2)cc1. The van der Waals surface area contributed by atoms with Crippen LogP contribution in [0.5, 0.6) is 0 Å². The van der Waals surface area contributed by atoms with Crippen molar-refractivity contribution in [2.24, 2.45) is 0 Å². The molecule has 6 heteroatoms. The van der Waals surface area contributed by atoms with Crippen molar-refractivity contribution < 1.29 is 9.32 Å². The second-order valence-electron chi connectivity index (χ2n) is 7.15. The molecule has 26 heavy (non-hydrogen) atoms. The molecule has 1 amide bonds. The van der Waals surface area contributed by atoms with Crippen molar-refractivity contribution in [3.63, 3.8) is 0 Å². The van der Waals surface area contributed by atoms with E-state index in [2.05, 4.69) is 48.1 Å². The number of hydrogen-bond donors (Lipinski definition) is 1. The minimum absolute atomic E-state index is 0.00699. The maximum atomic E-state index is 12.0. The Labute approximate surface area is 156 Å². The van der Waals surface area contributed by atoms with E-state index in [-0.39, 0.29) is 5.91 Å². The van der Waals surface area contributed by atoms with Gasteiger partial charge in [-0.3, -0.25) is 9.69 Å². The third-order valence-electron chi connectivity index (χ3n) is 4.36. The second kappa shape index (κ2) is 9.48. The minimum atomic E-state index is 0.00699. The number of aromatic nitrogens is 2. The van der Waals surface area contributed by atoms with E-state index in [9.17, 15) is 4.79 Å². The highest BCUT2D eigenvalue weighted by molar-refractivity contribution is 5.76. The van der Waals surface area contributed by atoms with Crippen LogP contribution in [-0.2, 0) is 11.2 Å². The van der Waals surface area contributed by atoms with Crippen LogP contribution in [0.15, 0.2) is 28.8 Å². The lowest BCUT2D eigenvalue weighted by Crippen LogP contribution is -2.42. The Hall–Kier alpha value is -2.21. The third kappa shape index (κ3) is 5.95. The van der Waals surface area contributed by atoms with Gasteiger partial charge in [-0.2, -0.15) is 4.98 Å². The minimum Gasteiger partial charge on any atom is -0.355 e. The number of aryl methyl sites for hydroxylation is 2. The van der Waals surface area contributed by atoms with Gasteiger partial charge >= 0.3 is 0 Å². The van der Waals surface area contributed by atoms with Crippen LogP contribution in [0.3, 0.4) is 0 Å². The first kappa shape index (κ1) is 20.1. The maximum Gasteiger partial charge on any atom is 0.227 e. The molecule has 1 heterocycles. The summed E-state index contributed by atoms with van der Waals surface area (Å²) >= 11 is 0. The van der Waals surface area contributed by atoms with E-state index < -0.39 is 0 Å². The zero-order chi connectivity index (χ0) is 19.1. The van der Waals surface area contributed by atoms with E-state index in [1.54, 1.807) is 0 Å². The summed E-state index contributed by atoms with van der Waals surface area (Å²) in [5.41, 5.74) is 2.10. The lowest BCUT2D eigenvalue weighted by molar-refractivity contribution is -0.121. The quantitative estimate of drug-likeness (QED) is 0.745. The first-order chi connectivity index (χ1) is 12.4. The highest BCUT2D eigenvalue weighted by atomic mass is 16.5. The predicted octanol–water partition coefficient (Wildman–Crippen LogP) is 3.21. The van der Waals surface area contributed by atoms with Crippen LogP contribution in [0.2, 0.25) is 0 Å². The summed E-state index contributed by atoms with van der Waals surface area (Å²) in [6, 6.07) is 8.88. The molecular formula is C20H30N4O2. The Bertz CT molecular complexity index is 684. The lowest BCUT2D eigenvalue weighted by Gasteiger charge is -2.30. The van der Waals surface area contributed by atoms with Gasteiger partial charge in [0.2, 0.25) is 17.6 Å². The summed E-state index contributed by atoms with van der Waals surface area (Å²) in [5.74, 6) is 1.05. The largest absolute Gasteiger partial charge is 0.355 e. The molecule has 6 nitrogen and oxygen atoms in total. The van der Waals surface area contributed by atoms with Crippen LogP contribution in [0, 0.1) is 6.92 Å². The third-order valence-corrected chi connectivity index (χ3v) is 4.36. The Morgan fingerprint density at radius 2 is 1.81 bits per heavy atom. The van der Waals surface area contributed by atoms with Crippen LogP contribution >= 0.6 is 0 Å². The molecule has 0 saturated heterocycles. The van der Waals surface area contributed by atoms with Crippen molar-refractivity contribution in [1.82, 2.24) is 20.4 Å². The van der Waals surface area contributed by atoms with Crippen molar-refractivity contribution in [1.29, 1.82) is 0 Å². The molecule has 0 aliphatic rings. The van der Waals surface area contributed by atoms with Gasteiger partial charge in [-0.1, -0.05) is 35.0 Å². The Kier molecular flexibility index (Phi) is 7.33. The molecule has 142 valence electrons. The van der Waals surface area contributed by atoms with Gasteiger partial charge in [0.15, 0.2) is 0 Å². The summed E-state index contributed by atoms with van der Waals surface area (Å²) in [7, 11) is 0. The summed E-state index contributed by atoms with van der Waals surface area (Å²) in [6.07, 6.45) is 0.793. The first-order valence-corrected chi connectivity index (χ1v) is 9.29. The Balaban J connectivity index is 1.76. The number of carbonyl (C=O) groups is 1. The highest BCUT2D eigenvalue weighted by Crippen LogP contribution is 2.16. The Morgan fingerprint density at radius 3 is 2.42 bits per heavy atom. The summed E-state index contributed by atoms with van der Waals surface area (Å²) in [6.45, 7) is 12.2. The number of hydrogen-bond acceptors (Lipinski definition) is 5. The van der Waals surface area contributed by atoms with Gasteiger partial charge in [-0.25, -0.2) is 0 Å². The molecule has 0 atom stereocenters. The number of nitrogens with zero attached hydrogens (tertiary/aromatic N) is 3. The van der Waals surface area contributed by atoms with Gasteiger partial charge in [-0.05, 0) is 34.6 Å². The molecule has 1 N–H and O–H groups in total. The zero-order valence-corrected chi connectivity index (χ0v) is 16.5. The second-order valence-corrected chi connectivity index (χ2v) is 7.15. The summed E-state index contributed by atoms with van der Waals surface area (Å²) in [5, 5.41) is 6.96. The van der Waals surface area contributed by atoms with Gasteiger partial charge in [0.05, 0.1) is 0 Å². The van der Waals surface area contributed by atoms with Crippen LogP contribution in [0.25, 0.3) is 11.4 Å². The van der Waals surface area contributed by atoms with Crippen LogP contribution < -0.4 is 5.32 Å². The molecule has 1 aromatic carbocycles. The number of amides is 1. The van der Waals surface area contributed by atoms with Crippen molar-refractivity contribution in [3.05, 3.63) is 35.7 Å². The number of carbonyl (C=O) groups excluding carboxylic acids is 1. The van der Waals surface area contributed by atoms with Gasteiger partial charge in [-0.15, -0.1) is 0 Å². The van der Waals surface area contributed by atoms with E-state index in [1.807, 2.05) is 31.2 Å². The van der Waals surface area contributed by atoms with Crippen LogP contribution in [0.4, 0.5) is 0 Å². The lowest BCUT2D eigenvalue weighted by atomic mass is 10.1. The van der Waals surface area contributed by atoms with Gasteiger partial charge in [0.1, 0.15) is 0 Å². The molecule has 0 unspecified atom stereocenters. The monoisotopic (exact) mass is 358 g/mol. The maximum absolute atomic E-state index is 12.0. The molecule has 0 bridgehead atoms. The predicted molar refractivity (Wildman–Crippen MR) is 103 cm³/mol. The van der Waals surface area contributed by atoms with Gasteiger partial charge in [0, 0.05) is 43.6 Å². The molecule has 1 aromatic heterocycles. The molecule has 0 radical (unpaired) electrons. The average Bonchev–Trinajstić information content (AvgIpc) is 3.05. The number of rotatable bonds is 9. The topological polar surface area (TPSA) is 71.3 Å². The number of benzene rings is 1. The Morgan fingerprint density at radius 1 is 1.15 bits per heavy atom. The first-order valence-electron chi connectivity index (χ1n) is 9.29. The number of nitrogens with one attached hydrogen (secondary N) is 1. The molecule has 0 saturated carbocycles. The van der Waals surface area contributed by atoms with Gasteiger partial charge in [0.25, 0.3) is 0 Å². The van der Waals surface area contributed by atoms with E-state index in [4.69, 9.17) is 4.52 Å². The van der Waals surface area contributed by atoms with E-state index in [0.29, 0.717) is 43.2 Å². The normalized spacial score (nSPS) is 11.5. The summed E-state index contributed by atoms with van der Waals surface area (Å²) < 4.78 is 5.26. The highest BCUT2D eigenvalue weighted by Gasteiger charge is 2.14. The standard InChI is InChI=1S/C20H30N4O2/c1-14(2)24(15(3)4)13-12-21-18(25)10-11-19-22-20(23-26-19)17-8-6-16(5)7-9-17/h6-9,14-15H,10-13H2,1-5H3,(H,21,25). The van der Waals surface area contributed by atoms with Crippen molar-refractivity contribution in [2.45, 2.75) is 59.5 Å². The van der Waals surface area contributed by atoms with Crippen molar-refractivity contribution in [3.8, 4) is 11.4 Å². The fraction of sp³-hybridized carbons (Fsp3) is 0.550.